The smallest absolute Gasteiger partial charge is 0.234 e. The molecule has 0 aliphatic rings. The molecule has 0 saturated carbocycles. The standard InChI is InChI=1S/C14H22N2OS/c1-10(2)13(14(15)17)16-11(3)9-18-12-7-5-4-6-8-12/h4-8,10-11,13,16H,9H2,1-3H3,(H2,15,17)/t11?,13-/m0/s1. The number of hydrogen-bond donors (Lipinski definition) is 2. The quantitative estimate of drug-likeness (QED) is 0.744. The van der Waals surface area contributed by atoms with Crippen LogP contribution in [0.2, 0.25) is 0 Å². The van der Waals surface area contributed by atoms with Gasteiger partial charge in [-0.15, -0.1) is 11.8 Å². The van der Waals surface area contributed by atoms with E-state index < -0.39 is 0 Å². The van der Waals surface area contributed by atoms with E-state index in [0.717, 1.165) is 5.75 Å². The molecule has 18 heavy (non-hydrogen) atoms. The van der Waals surface area contributed by atoms with Crippen LogP contribution in [-0.2, 0) is 4.79 Å². The molecule has 100 valence electrons. The van der Waals surface area contributed by atoms with E-state index in [4.69, 9.17) is 5.73 Å². The normalized spacial score (nSPS) is 14.4. The second-order valence-electron chi connectivity index (χ2n) is 4.82. The molecule has 0 spiro atoms. The van der Waals surface area contributed by atoms with Crippen molar-refractivity contribution in [1.82, 2.24) is 5.32 Å². The number of carbonyl (C=O) groups excluding carboxylic acids is 1. The first-order valence-electron chi connectivity index (χ1n) is 6.24. The van der Waals surface area contributed by atoms with E-state index in [9.17, 15) is 4.79 Å². The Hall–Kier alpha value is -1.00. The Kier molecular flexibility index (Phi) is 6.22. The van der Waals surface area contributed by atoms with Crippen molar-refractivity contribution in [3.8, 4) is 0 Å². The van der Waals surface area contributed by atoms with E-state index in [2.05, 4.69) is 24.4 Å². The van der Waals surface area contributed by atoms with Crippen molar-refractivity contribution >= 4 is 17.7 Å². The number of amides is 1. The zero-order valence-electron chi connectivity index (χ0n) is 11.2. The monoisotopic (exact) mass is 266 g/mol. The first kappa shape index (κ1) is 15.1. The minimum atomic E-state index is -0.276. The number of primary amides is 1. The molecular weight excluding hydrogens is 244 g/mol. The van der Waals surface area contributed by atoms with Crippen LogP contribution in [0.1, 0.15) is 20.8 Å². The summed E-state index contributed by atoms with van der Waals surface area (Å²) in [6.07, 6.45) is 0. The molecule has 3 N–H and O–H groups in total. The van der Waals surface area contributed by atoms with Crippen LogP contribution in [-0.4, -0.2) is 23.7 Å². The lowest BCUT2D eigenvalue weighted by molar-refractivity contribution is -0.121. The number of nitrogens with two attached hydrogens (primary N) is 1. The van der Waals surface area contributed by atoms with Crippen LogP contribution in [0.25, 0.3) is 0 Å². The predicted molar refractivity (Wildman–Crippen MR) is 77.6 cm³/mol. The molecule has 0 heterocycles. The molecule has 0 bridgehead atoms. The summed E-state index contributed by atoms with van der Waals surface area (Å²) in [5.74, 6) is 0.855. The van der Waals surface area contributed by atoms with Gasteiger partial charge >= 0.3 is 0 Å². The van der Waals surface area contributed by atoms with Crippen LogP contribution in [0, 0.1) is 5.92 Å². The Morgan fingerprint density at radius 2 is 1.89 bits per heavy atom. The molecule has 0 saturated heterocycles. The Balaban J connectivity index is 2.41. The molecule has 0 aliphatic carbocycles. The number of benzene rings is 1. The van der Waals surface area contributed by atoms with Crippen LogP contribution in [0.4, 0.5) is 0 Å². The second-order valence-corrected chi connectivity index (χ2v) is 5.91. The molecule has 4 heteroatoms. The number of nitrogens with one attached hydrogen (secondary N) is 1. The fraction of sp³-hybridized carbons (Fsp3) is 0.500. The van der Waals surface area contributed by atoms with Gasteiger partial charge in [0.25, 0.3) is 0 Å². The number of hydrogen-bond acceptors (Lipinski definition) is 3. The molecule has 1 rings (SSSR count). The zero-order chi connectivity index (χ0) is 13.5. The molecule has 0 fully saturated rings. The SMILES string of the molecule is CC(CSc1ccccc1)N[C@H](C(N)=O)C(C)C. The van der Waals surface area contributed by atoms with Crippen molar-refractivity contribution < 1.29 is 4.79 Å². The summed E-state index contributed by atoms with van der Waals surface area (Å²) < 4.78 is 0. The summed E-state index contributed by atoms with van der Waals surface area (Å²) in [5.41, 5.74) is 5.38. The lowest BCUT2D eigenvalue weighted by atomic mass is 10.0. The largest absolute Gasteiger partial charge is 0.368 e. The average Bonchev–Trinajstić information content (AvgIpc) is 2.34. The van der Waals surface area contributed by atoms with Gasteiger partial charge in [-0.2, -0.15) is 0 Å². The molecule has 1 aromatic rings. The van der Waals surface area contributed by atoms with Gasteiger partial charge in [0, 0.05) is 16.7 Å². The van der Waals surface area contributed by atoms with Gasteiger partial charge in [-0.3, -0.25) is 4.79 Å². The molecule has 0 aromatic heterocycles. The maximum absolute atomic E-state index is 11.3. The Bertz CT molecular complexity index is 367. The highest BCUT2D eigenvalue weighted by atomic mass is 32.2. The highest BCUT2D eigenvalue weighted by molar-refractivity contribution is 7.99. The Morgan fingerprint density at radius 1 is 1.28 bits per heavy atom. The first-order chi connectivity index (χ1) is 8.50. The molecule has 0 radical (unpaired) electrons. The van der Waals surface area contributed by atoms with Gasteiger partial charge in [0.2, 0.25) is 5.91 Å². The summed E-state index contributed by atoms with van der Waals surface area (Å²) in [7, 11) is 0. The Morgan fingerprint density at radius 3 is 2.39 bits per heavy atom. The van der Waals surface area contributed by atoms with E-state index in [1.165, 1.54) is 4.90 Å². The van der Waals surface area contributed by atoms with Gasteiger partial charge < -0.3 is 11.1 Å². The van der Waals surface area contributed by atoms with Gasteiger partial charge in [0.05, 0.1) is 6.04 Å². The van der Waals surface area contributed by atoms with Crippen molar-refractivity contribution in [2.24, 2.45) is 11.7 Å². The zero-order valence-corrected chi connectivity index (χ0v) is 12.0. The molecule has 1 unspecified atom stereocenters. The second kappa shape index (κ2) is 7.44. The van der Waals surface area contributed by atoms with Crippen molar-refractivity contribution in [2.45, 2.75) is 37.8 Å². The summed E-state index contributed by atoms with van der Waals surface area (Å²) in [6.45, 7) is 6.08. The van der Waals surface area contributed by atoms with E-state index in [0.29, 0.717) is 0 Å². The van der Waals surface area contributed by atoms with Crippen molar-refractivity contribution in [2.75, 3.05) is 5.75 Å². The molecule has 1 aromatic carbocycles. The molecule has 2 atom stereocenters. The summed E-state index contributed by atoms with van der Waals surface area (Å²) >= 11 is 1.78. The van der Waals surface area contributed by atoms with Crippen LogP contribution in [0.15, 0.2) is 35.2 Å². The molecule has 0 aliphatic heterocycles. The van der Waals surface area contributed by atoms with Crippen molar-refractivity contribution in [1.29, 1.82) is 0 Å². The number of thioether (sulfide) groups is 1. The lowest BCUT2D eigenvalue weighted by Crippen LogP contribution is -2.49. The topological polar surface area (TPSA) is 55.1 Å². The highest BCUT2D eigenvalue weighted by Crippen LogP contribution is 2.18. The minimum Gasteiger partial charge on any atom is -0.368 e. The first-order valence-corrected chi connectivity index (χ1v) is 7.22. The van der Waals surface area contributed by atoms with Crippen molar-refractivity contribution in [3.05, 3.63) is 30.3 Å². The predicted octanol–water partition coefficient (Wildman–Crippen LogP) is 2.27. The van der Waals surface area contributed by atoms with Crippen LogP contribution >= 0.6 is 11.8 Å². The maximum atomic E-state index is 11.3. The van der Waals surface area contributed by atoms with E-state index in [1.54, 1.807) is 11.8 Å². The maximum Gasteiger partial charge on any atom is 0.234 e. The van der Waals surface area contributed by atoms with E-state index in [-0.39, 0.29) is 23.9 Å². The molecule has 3 nitrogen and oxygen atoms in total. The van der Waals surface area contributed by atoms with Gasteiger partial charge in [-0.1, -0.05) is 32.0 Å². The van der Waals surface area contributed by atoms with Crippen molar-refractivity contribution in [3.63, 3.8) is 0 Å². The summed E-state index contributed by atoms with van der Waals surface area (Å²) in [6, 6.07) is 10.2. The average molecular weight is 266 g/mol. The van der Waals surface area contributed by atoms with E-state index in [1.807, 2.05) is 32.0 Å². The van der Waals surface area contributed by atoms with Crippen LogP contribution in [0.5, 0.6) is 0 Å². The van der Waals surface area contributed by atoms with Gasteiger partial charge in [-0.25, -0.2) is 0 Å². The third-order valence-electron chi connectivity index (χ3n) is 2.68. The number of carbonyl (C=O) groups is 1. The van der Waals surface area contributed by atoms with Gasteiger partial charge in [-0.05, 0) is 25.0 Å². The summed E-state index contributed by atoms with van der Waals surface area (Å²) in [4.78, 5) is 12.5. The third kappa shape index (κ3) is 5.10. The number of rotatable bonds is 7. The highest BCUT2D eigenvalue weighted by Gasteiger charge is 2.20. The fourth-order valence-electron chi connectivity index (χ4n) is 1.70. The lowest BCUT2D eigenvalue weighted by Gasteiger charge is -2.23. The van der Waals surface area contributed by atoms with Gasteiger partial charge in [0.15, 0.2) is 0 Å². The Labute approximate surface area is 114 Å². The summed E-state index contributed by atoms with van der Waals surface area (Å²) in [5, 5.41) is 3.29. The molecular formula is C14H22N2OS. The van der Waals surface area contributed by atoms with Crippen LogP contribution < -0.4 is 11.1 Å². The third-order valence-corrected chi connectivity index (χ3v) is 3.95. The molecule has 1 amide bonds. The van der Waals surface area contributed by atoms with Crippen LogP contribution in [0.3, 0.4) is 0 Å². The van der Waals surface area contributed by atoms with E-state index >= 15 is 0 Å². The minimum absolute atomic E-state index is 0.215. The van der Waals surface area contributed by atoms with Gasteiger partial charge in [0.1, 0.15) is 0 Å². The fourth-order valence-corrected chi connectivity index (χ4v) is 2.58.